The van der Waals surface area contributed by atoms with Gasteiger partial charge in [0, 0.05) is 11.1 Å². The average Bonchev–Trinajstić information content (AvgIpc) is 2.59. The number of phenols is 2. The Labute approximate surface area is 141 Å². The van der Waals surface area contributed by atoms with Gasteiger partial charge in [-0.25, -0.2) is 0 Å². The monoisotopic (exact) mass is 330 g/mol. The summed E-state index contributed by atoms with van der Waals surface area (Å²) in [5.41, 5.74) is 0.789. The fourth-order valence-electron chi connectivity index (χ4n) is 2.13. The maximum absolute atomic E-state index is 12.6. The lowest BCUT2D eigenvalue weighted by Gasteiger charge is -2.11. The molecule has 0 radical (unpaired) electrons. The molecule has 24 heavy (non-hydrogen) atoms. The summed E-state index contributed by atoms with van der Waals surface area (Å²) in [4.78, 5) is 12.6. The first kappa shape index (κ1) is 17.7. The van der Waals surface area contributed by atoms with Crippen molar-refractivity contribution in [3.8, 4) is 23.0 Å². The second-order valence-electron chi connectivity index (χ2n) is 5.39. The van der Waals surface area contributed by atoms with E-state index < -0.39 is 0 Å². The van der Waals surface area contributed by atoms with Crippen LogP contribution >= 0.6 is 0 Å². The number of carbonyl (C=O) groups is 1. The zero-order valence-corrected chi connectivity index (χ0v) is 13.9. The Balaban J connectivity index is 2.28. The molecule has 0 spiro atoms. The first-order valence-electron chi connectivity index (χ1n) is 8.03. The third kappa shape index (κ3) is 4.19. The van der Waals surface area contributed by atoms with Crippen molar-refractivity contribution in [2.24, 2.45) is 0 Å². The van der Waals surface area contributed by atoms with Gasteiger partial charge in [0.25, 0.3) is 0 Å². The molecule has 2 N–H and O–H groups in total. The fourth-order valence-corrected chi connectivity index (χ4v) is 2.13. The molecule has 2 aromatic carbocycles. The van der Waals surface area contributed by atoms with Crippen LogP contribution in [0.4, 0.5) is 0 Å². The number of phenolic OH excluding ortho intramolecular Hbond substituents is 2. The maximum Gasteiger partial charge on any atom is 0.193 e. The summed E-state index contributed by atoms with van der Waals surface area (Å²) in [6.45, 7) is 4.83. The highest BCUT2D eigenvalue weighted by Gasteiger charge is 2.15. The third-order valence-corrected chi connectivity index (χ3v) is 3.37. The third-order valence-electron chi connectivity index (χ3n) is 3.37. The normalized spacial score (nSPS) is 10.4. The summed E-state index contributed by atoms with van der Waals surface area (Å²) in [7, 11) is 0. The van der Waals surface area contributed by atoms with Gasteiger partial charge in [0.05, 0.1) is 13.2 Å². The van der Waals surface area contributed by atoms with E-state index >= 15 is 0 Å². The van der Waals surface area contributed by atoms with Crippen LogP contribution in [0, 0.1) is 0 Å². The standard InChI is InChI=1S/C19H22O5/c1-3-9-23-17-11-13(5-7-15(17)20)19(22)14-6-8-16(21)18(12-14)24-10-4-2/h5-8,11-12,20-21H,3-4,9-10H2,1-2H3. The molecule has 0 aliphatic heterocycles. The summed E-state index contributed by atoms with van der Waals surface area (Å²) in [6.07, 6.45) is 1.60. The minimum atomic E-state index is -0.238. The van der Waals surface area contributed by atoms with Crippen LogP contribution in [-0.2, 0) is 0 Å². The number of hydrogen-bond acceptors (Lipinski definition) is 5. The first-order chi connectivity index (χ1) is 11.6. The van der Waals surface area contributed by atoms with E-state index in [1.807, 2.05) is 13.8 Å². The highest BCUT2D eigenvalue weighted by Crippen LogP contribution is 2.31. The van der Waals surface area contributed by atoms with Crippen molar-refractivity contribution in [3.05, 3.63) is 47.5 Å². The van der Waals surface area contributed by atoms with Crippen LogP contribution in [0.25, 0.3) is 0 Å². The predicted octanol–water partition coefficient (Wildman–Crippen LogP) is 3.91. The summed E-state index contributed by atoms with van der Waals surface area (Å²) >= 11 is 0. The van der Waals surface area contributed by atoms with Gasteiger partial charge in [-0.3, -0.25) is 4.79 Å². The molecule has 0 heterocycles. The topological polar surface area (TPSA) is 76.0 Å². The van der Waals surface area contributed by atoms with Gasteiger partial charge >= 0.3 is 0 Å². The van der Waals surface area contributed by atoms with Crippen LogP contribution < -0.4 is 9.47 Å². The Hall–Kier alpha value is -2.69. The van der Waals surface area contributed by atoms with Crippen LogP contribution in [0.1, 0.15) is 42.6 Å². The zero-order chi connectivity index (χ0) is 17.5. The molecule has 0 fully saturated rings. The molecule has 128 valence electrons. The number of hydrogen-bond donors (Lipinski definition) is 2. The van der Waals surface area contributed by atoms with Gasteiger partial charge in [0.1, 0.15) is 0 Å². The van der Waals surface area contributed by atoms with E-state index in [-0.39, 0.29) is 28.8 Å². The Bertz CT molecular complexity index is 649. The zero-order valence-electron chi connectivity index (χ0n) is 13.9. The SMILES string of the molecule is CCCOc1cc(C(=O)c2ccc(O)c(OCCC)c2)ccc1O. The lowest BCUT2D eigenvalue weighted by molar-refractivity contribution is 0.103. The molecule has 0 atom stereocenters. The van der Waals surface area contributed by atoms with Gasteiger partial charge in [-0.2, -0.15) is 0 Å². The number of rotatable bonds is 8. The predicted molar refractivity (Wildman–Crippen MR) is 91.2 cm³/mol. The molecule has 0 unspecified atom stereocenters. The minimum Gasteiger partial charge on any atom is -0.504 e. The maximum atomic E-state index is 12.6. The van der Waals surface area contributed by atoms with Crippen LogP contribution in [-0.4, -0.2) is 29.2 Å². The molecule has 0 amide bonds. The van der Waals surface area contributed by atoms with Crippen molar-refractivity contribution in [1.82, 2.24) is 0 Å². The number of ketones is 1. The van der Waals surface area contributed by atoms with Crippen molar-refractivity contribution in [1.29, 1.82) is 0 Å². The molecule has 5 heteroatoms. The summed E-state index contributed by atoms with van der Waals surface area (Å²) < 4.78 is 10.9. The van der Waals surface area contributed by atoms with E-state index in [1.54, 1.807) is 0 Å². The van der Waals surface area contributed by atoms with Crippen molar-refractivity contribution in [2.75, 3.05) is 13.2 Å². The Morgan fingerprint density at radius 2 is 1.25 bits per heavy atom. The van der Waals surface area contributed by atoms with Crippen molar-refractivity contribution >= 4 is 5.78 Å². The van der Waals surface area contributed by atoms with Gasteiger partial charge in [0.2, 0.25) is 0 Å². The number of aromatic hydroxyl groups is 2. The van der Waals surface area contributed by atoms with Crippen LogP contribution in [0.2, 0.25) is 0 Å². The molecule has 2 rings (SSSR count). The number of benzene rings is 2. The lowest BCUT2D eigenvalue weighted by Crippen LogP contribution is -2.04. The Morgan fingerprint density at radius 1 is 0.833 bits per heavy atom. The summed E-state index contributed by atoms with van der Waals surface area (Å²) in [5, 5.41) is 19.6. The average molecular weight is 330 g/mol. The second-order valence-corrected chi connectivity index (χ2v) is 5.39. The van der Waals surface area contributed by atoms with E-state index in [2.05, 4.69) is 0 Å². The Kier molecular flexibility index (Phi) is 6.07. The molecule has 0 aliphatic carbocycles. The van der Waals surface area contributed by atoms with Gasteiger partial charge in [-0.1, -0.05) is 13.8 Å². The summed E-state index contributed by atoms with van der Waals surface area (Å²) in [5.74, 6) is 0.320. The van der Waals surface area contributed by atoms with E-state index in [0.29, 0.717) is 24.3 Å². The van der Waals surface area contributed by atoms with Crippen molar-refractivity contribution in [3.63, 3.8) is 0 Å². The van der Waals surface area contributed by atoms with Crippen molar-refractivity contribution < 1.29 is 24.5 Å². The highest BCUT2D eigenvalue weighted by molar-refractivity contribution is 6.09. The number of carbonyl (C=O) groups excluding carboxylic acids is 1. The largest absolute Gasteiger partial charge is 0.504 e. The molecule has 2 aromatic rings. The first-order valence-corrected chi connectivity index (χ1v) is 8.03. The molecule has 0 aliphatic rings. The lowest BCUT2D eigenvalue weighted by atomic mass is 10.0. The van der Waals surface area contributed by atoms with Crippen molar-refractivity contribution in [2.45, 2.75) is 26.7 Å². The molecule has 5 nitrogen and oxygen atoms in total. The van der Waals surface area contributed by atoms with Crippen LogP contribution in [0.15, 0.2) is 36.4 Å². The molecular formula is C19H22O5. The van der Waals surface area contributed by atoms with E-state index in [1.165, 1.54) is 36.4 Å². The minimum absolute atomic E-state index is 0.00215. The quantitative estimate of drug-likeness (QED) is 0.718. The fraction of sp³-hybridized carbons (Fsp3) is 0.316. The van der Waals surface area contributed by atoms with Gasteiger partial charge in [0.15, 0.2) is 28.8 Å². The van der Waals surface area contributed by atoms with Gasteiger partial charge in [-0.05, 0) is 49.2 Å². The molecule has 0 aromatic heterocycles. The van der Waals surface area contributed by atoms with E-state index in [0.717, 1.165) is 12.8 Å². The smallest absolute Gasteiger partial charge is 0.193 e. The van der Waals surface area contributed by atoms with Crippen LogP contribution in [0.3, 0.4) is 0 Å². The van der Waals surface area contributed by atoms with Crippen LogP contribution in [0.5, 0.6) is 23.0 Å². The molecule has 0 bridgehead atoms. The van der Waals surface area contributed by atoms with E-state index in [9.17, 15) is 15.0 Å². The highest BCUT2D eigenvalue weighted by atomic mass is 16.5. The van der Waals surface area contributed by atoms with Gasteiger partial charge in [-0.15, -0.1) is 0 Å². The second kappa shape index (κ2) is 8.24. The Morgan fingerprint density at radius 3 is 1.62 bits per heavy atom. The molecular weight excluding hydrogens is 308 g/mol. The molecule has 0 saturated heterocycles. The molecule has 0 saturated carbocycles. The van der Waals surface area contributed by atoms with Gasteiger partial charge < -0.3 is 19.7 Å². The van der Waals surface area contributed by atoms with E-state index in [4.69, 9.17) is 9.47 Å². The number of ether oxygens (including phenoxy) is 2. The summed E-state index contributed by atoms with van der Waals surface area (Å²) in [6, 6.07) is 8.99.